The van der Waals surface area contributed by atoms with Crippen molar-refractivity contribution in [2.24, 2.45) is 0 Å². The summed E-state index contributed by atoms with van der Waals surface area (Å²) in [5.74, 6) is 3.38. The SMILES string of the molecule is CC(C)c1cccc(C(C)C)c1-n1c(-c2[c-]cccc2)nc2ccccc21.[2H]C([2H])([2H])c1ccc2c(ccc3cc4c(cc32)sc2c(-c3nc5ccccc5n3-c3c(C(C)C)cccc3C(C)C)[c-]ccc24)c1.[Ir]. The van der Waals surface area contributed by atoms with Crippen molar-refractivity contribution in [3.63, 3.8) is 0 Å². The second-order valence-corrected chi connectivity index (χ2v) is 20.8. The van der Waals surface area contributed by atoms with E-state index in [0.29, 0.717) is 29.2 Å². The molecule has 0 bridgehead atoms. The van der Waals surface area contributed by atoms with Crippen LogP contribution in [-0.2, 0) is 20.1 Å². The number of nitrogens with zero attached hydrogens (tertiary/aromatic N) is 4. The molecule has 0 unspecified atom stereocenters. The number of hydrogen-bond acceptors (Lipinski definition) is 3. The van der Waals surface area contributed by atoms with Crippen molar-refractivity contribution >= 4 is 75.1 Å². The van der Waals surface area contributed by atoms with Crippen molar-refractivity contribution < 1.29 is 24.2 Å². The Hall–Kier alpha value is -6.69. The third-order valence-electron chi connectivity index (χ3n) is 13.8. The van der Waals surface area contributed by atoms with Gasteiger partial charge < -0.3 is 9.13 Å². The van der Waals surface area contributed by atoms with E-state index in [0.717, 1.165) is 71.1 Å². The topological polar surface area (TPSA) is 35.6 Å². The van der Waals surface area contributed by atoms with Gasteiger partial charge in [-0.1, -0.05) is 163 Å². The average molecular weight is 1120 g/mol. The summed E-state index contributed by atoms with van der Waals surface area (Å²) >= 11 is 1.77. The summed E-state index contributed by atoms with van der Waals surface area (Å²) < 4.78 is 30.7. The van der Waals surface area contributed by atoms with Crippen LogP contribution in [0.1, 0.15) is 111 Å². The third kappa shape index (κ3) is 8.50. The molecule has 0 aliphatic carbocycles. The van der Waals surface area contributed by atoms with Gasteiger partial charge in [-0.3, -0.25) is 9.97 Å². The molecule has 3 heterocycles. The van der Waals surface area contributed by atoms with Crippen LogP contribution in [0, 0.1) is 19.0 Å². The van der Waals surface area contributed by atoms with E-state index >= 15 is 0 Å². The van der Waals surface area contributed by atoms with E-state index in [2.05, 4.69) is 192 Å². The Morgan fingerprint density at radius 3 is 1.59 bits per heavy atom. The van der Waals surface area contributed by atoms with E-state index in [1.807, 2.05) is 36.4 Å². The fraction of sp³-hybridized carbons (Fsp3) is 0.200. The van der Waals surface area contributed by atoms with Crippen LogP contribution < -0.4 is 0 Å². The molecule has 3 aromatic heterocycles. The minimum Gasteiger partial charge on any atom is -0.333 e. The normalized spacial score (nSPS) is 12.6. The molecule has 1 radical (unpaired) electrons. The minimum atomic E-state index is -2.13. The summed E-state index contributed by atoms with van der Waals surface area (Å²) in [5.41, 5.74) is 14.4. The second-order valence-electron chi connectivity index (χ2n) is 19.8. The van der Waals surface area contributed by atoms with E-state index in [9.17, 15) is 0 Å². The average Bonchev–Trinajstić information content (AvgIpc) is 4.09. The van der Waals surface area contributed by atoms with Gasteiger partial charge in [0.25, 0.3) is 0 Å². The predicted molar refractivity (Wildman–Crippen MR) is 300 cm³/mol. The standard InChI is InChI=1S/C40H33N2S.C25H25N2.Ir/c1-23(2)28-10-8-11-29(24(3)4)38(28)42-36-15-7-6-14-35(36)41-40(42)32-13-9-12-31-34-21-27-18-17-26-20-25(5)16-19-30(26)33(27)22-37(34)43-39(31)32;1-17(2)20-13-10-14-21(18(3)4)24(20)27-23-16-9-8-15-22(23)26-25(27)19-11-6-5-7-12-19;/h6-12,14-24H,1-5H3;5-11,13-18H,1-4H3;/q2*-1;/i5D3;;. The Kier molecular flexibility index (Phi) is 12.1. The molecule has 0 aliphatic rings. The summed E-state index contributed by atoms with van der Waals surface area (Å²) in [6.45, 7) is 16.0. The number of rotatable bonds is 8. The zero-order valence-corrected chi connectivity index (χ0v) is 44.6. The molecule has 9 aromatic carbocycles. The maximum Gasteiger partial charge on any atom is 0.0774 e. The van der Waals surface area contributed by atoms with Crippen molar-refractivity contribution in [2.75, 3.05) is 0 Å². The molecule has 6 heteroatoms. The molecule has 0 aliphatic heterocycles. The van der Waals surface area contributed by atoms with E-state index in [4.69, 9.17) is 14.1 Å². The molecule has 71 heavy (non-hydrogen) atoms. The van der Waals surface area contributed by atoms with E-state index in [1.165, 1.54) is 49.1 Å². The summed E-state index contributed by atoms with van der Waals surface area (Å²) in [6.07, 6.45) is 0. The monoisotopic (exact) mass is 1120 g/mol. The van der Waals surface area contributed by atoms with Gasteiger partial charge >= 0.3 is 0 Å². The molecule has 12 aromatic rings. The van der Waals surface area contributed by atoms with Crippen LogP contribution in [0.25, 0.3) is 97.9 Å². The van der Waals surface area contributed by atoms with E-state index in [-0.39, 0.29) is 20.1 Å². The van der Waals surface area contributed by atoms with Crippen LogP contribution in [0.15, 0.2) is 164 Å². The zero-order chi connectivity index (χ0) is 50.9. The molecule has 355 valence electrons. The number of aromatic nitrogens is 4. The Morgan fingerprint density at radius 1 is 0.479 bits per heavy atom. The second kappa shape index (κ2) is 19.5. The maximum absolute atomic E-state index is 7.87. The fourth-order valence-corrected chi connectivity index (χ4v) is 11.6. The first-order chi connectivity index (χ1) is 35.2. The molecular weight excluding hydrogens is 1060 g/mol. The van der Waals surface area contributed by atoms with E-state index in [1.54, 1.807) is 23.5 Å². The Balaban J connectivity index is 0.000000191. The minimum absolute atomic E-state index is 0. The quantitative estimate of drug-likeness (QED) is 0.112. The van der Waals surface area contributed by atoms with Crippen molar-refractivity contribution in [1.82, 2.24) is 19.1 Å². The number of para-hydroxylation sites is 6. The number of thiophene rings is 1. The molecule has 0 saturated carbocycles. The van der Waals surface area contributed by atoms with Gasteiger partial charge in [0.1, 0.15) is 0 Å². The molecular formula is C65H58IrN4S-2. The number of hydrogen-bond donors (Lipinski definition) is 0. The van der Waals surface area contributed by atoms with Gasteiger partial charge in [-0.05, 0) is 121 Å². The summed E-state index contributed by atoms with van der Waals surface area (Å²) in [6, 6.07) is 63.7. The van der Waals surface area contributed by atoms with Crippen molar-refractivity contribution in [2.45, 2.75) is 85.9 Å². The van der Waals surface area contributed by atoms with Crippen molar-refractivity contribution in [3.8, 4) is 34.2 Å². The van der Waals surface area contributed by atoms with Crippen LogP contribution in [0.4, 0.5) is 0 Å². The molecule has 0 N–H and O–H groups in total. The van der Waals surface area contributed by atoms with Crippen molar-refractivity contribution in [1.29, 1.82) is 0 Å². The maximum atomic E-state index is 7.87. The van der Waals surface area contributed by atoms with Gasteiger partial charge in [0.2, 0.25) is 0 Å². The molecule has 0 amide bonds. The first-order valence-corrected chi connectivity index (χ1v) is 25.4. The number of aryl methyl sites for hydroxylation is 1. The van der Waals surface area contributed by atoms with Gasteiger partial charge in [-0.25, -0.2) is 0 Å². The fourth-order valence-electron chi connectivity index (χ4n) is 10.4. The van der Waals surface area contributed by atoms with Gasteiger partial charge in [0.05, 0.1) is 33.7 Å². The number of fused-ring (bicyclic) bond motifs is 8. The first kappa shape index (κ1) is 44.3. The molecule has 0 fully saturated rings. The molecule has 12 rings (SSSR count). The van der Waals surface area contributed by atoms with Crippen LogP contribution in [0.5, 0.6) is 0 Å². The zero-order valence-electron chi connectivity index (χ0n) is 44.4. The predicted octanol–water partition coefficient (Wildman–Crippen LogP) is 18.5. The van der Waals surface area contributed by atoms with Crippen LogP contribution in [0.2, 0.25) is 0 Å². The summed E-state index contributed by atoms with van der Waals surface area (Å²) in [4.78, 5) is 10.3. The smallest absolute Gasteiger partial charge is 0.0774 e. The Morgan fingerprint density at radius 2 is 1.03 bits per heavy atom. The number of benzene rings is 9. The number of imidazole rings is 2. The molecule has 4 nitrogen and oxygen atoms in total. The molecule has 0 atom stereocenters. The van der Waals surface area contributed by atoms with Crippen LogP contribution >= 0.6 is 11.3 Å². The van der Waals surface area contributed by atoms with Gasteiger partial charge in [0, 0.05) is 40.3 Å². The molecule has 0 saturated heterocycles. The first-order valence-electron chi connectivity index (χ1n) is 26.1. The Bertz CT molecular complexity index is 3990. The van der Waals surface area contributed by atoms with Crippen molar-refractivity contribution in [3.05, 3.63) is 204 Å². The Labute approximate surface area is 439 Å². The van der Waals surface area contributed by atoms with Gasteiger partial charge in [-0.2, -0.15) is 11.3 Å². The third-order valence-corrected chi connectivity index (χ3v) is 15.0. The van der Waals surface area contributed by atoms with Gasteiger partial charge in [0.15, 0.2) is 0 Å². The van der Waals surface area contributed by atoms with Gasteiger partial charge in [-0.15, -0.1) is 54.1 Å². The van der Waals surface area contributed by atoms with E-state index < -0.39 is 6.85 Å². The summed E-state index contributed by atoms with van der Waals surface area (Å²) in [5, 5.41) is 6.65. The summed E-state index contributed by atoms with van der Waals surface area (Å²) in [7, 11) is 0. The largest absolute Gasteiger partial charge is 0.333 e. The van der Waals surface area contributed by atoms with Crippen LogP contribution in [-0.4, -0.2) is 19.1 Å². The molecule has 0 spiro atoms. The van der Waals surface area contributed by atoms with Crippen LogP contribution in [0.3, 0.4) is 0 Å².